The highest BCUT2D eigenvalue weighted by molar-refractivity contribution is 7.09. The molecule has 0 aliphatic heterocycles. The third-order valence-electron chi connectivity index (χ3n) is 3.13. The average molecular weight is 331 g/mol. The number of hydrogen-bond acceptors (Lipinski definition) is 5. The van der Waals surface area contributed by atoms with E-state index in [4.69, 9.17) is 0 Å². The van der Waals surface area contributed by atoms with E-state index >= 15 is 0 Å². The maximum Gasteiger partial charge on any atom is 0.273 e. The number of amides is 1. The van der Waals surface area contributed by atoms with E-state index in [1.54, 1.807) is 18.3 Å². The van der Waals surface area contributed by atoms with E-state index in [1.165, 1.54) is 28.2 Å². The van der Waals surface area contributed by atoms with E-state index in [1.807, 2.05) is 12.3 Å². The summed E-state index contributed by atoms with van der Waals surface area (Å²) in [6.07, 6.45) is 1.56. The number of carbonyl (C=O) groups excluding carboxylic acids is 1. The Balaban J connectivity index is 1.59. The molecule has 8 heteroatoms. The van der Waals surface area contributed by atoms with Crippen molar-refractivity contribution in [2.24, 2.45) is 0 Å². The first kappa shape index (κ1) is 15.3. The summed E-state index contributed by atoms with van der Waals surface area (Å²) in [4.78, 5) is 16.3. The van der Waals surface area contributed by atoms with Crippen LogP contribution >= 0.6 is 11.3 Å². The largest absolute Gasteiger partial charge is 0.345 e. The molecule has 0 spiro atoms. The molecular weight excluding hydrogens is 317 g/mol. The van der Waals surface area contributed by atoms with Crippen LogP contribution in [0.15, 0.2) is 35.8 Å². The Morgan fingerprint density at radius 1 is 1.35 bits per heavy atom. The summed E-state index contributed by atoms with van der Waals surface area (Å²) >= 11 is 1.54. The van der Waals surface area contributed by atoms with Gasteiger partial charge in [0, 0.05) is 5.38 Å². The number of hydrogen-bond donors (Lipinski definition) is 1. The second kappa shape index (κ2) is 6.66. The molecule has 0 saturated carbocycles. The van der Waals surface area contributed by atoms with Crippen molar-refractivity contribution in [1.29, 1.82) is 0 Å². The predicted octanol–water partition coefficient (Wildman–Crippen LogP) is 2.16. The SMILES string of the molecule is Cc1nc(CNC(=O)c2cn(Cc3ccc(F)cc3)nn2)cs1. The fourth-order valence-corrected chi connectivity index (χ4v) is 2.62. The summed E-state index contributed by atoms with van der Waals surface area (Å²) < 4.78 is 14.4. The van der Waals surface area contributed by atoms with E-state index in [0.717, 1.165) is 16.3 Å². The second-order valence-electron chi connectivity index (χ2n) is 4.97. The van der Waals surface area contributed by atoms with Crippen LogP contribution in [0.25, 0.3) is 0 Å². The van der Waals surface area contributed by atoms with Gasteiger partial charge in [-0.25, -0.2) is 14.1 Å². The second-order valence-corrected chi connectivity index (χ2v) is 6.03. The van der Waals surface area contributed by atoms with Crippen LogP contribution < -0.4 is 5.32 Å². The van der Waals surface area contributed by atoms with E-state index < -0.39 is 0 Å². The molecule has 1 N–H and O–H groups in total. The van der Waals surface area contributed by atoms with Crippen LogP contribution in [0.2, 0.25) is 0 Å². The molecule has 0 fully saturated rings. The zero-order chi connectivity index (χ0) is 16.2. The molecule has 3 rings (SSSR count). The van der Waals surface area contributed by atoms with Gasteiger partial charge in [-0.1, -0.05) is 17.3 Å². The minimum Gasteiger partial charge on any atom is -0.345 e. The highest BCUT2D eigenvalue weighted by Crippen LogP contribution is 2.08. The predicted molar refractivity (Wildman–Crippen MR) is 83.5 cm³/mol. The zero-order valence-electron chi connectivity index (χ0n) is 12.4. The fourth-order valence-electron chi connectivity index (χ4n) is 2.01. The van der Waals surface area contributed by atoms with Gasteiger partial charge < -0.3 is 5.32 Å². The van der Waals surface area contributed by atoms with Crippen LogP contribution in [-0.2, 0) is 13.1 Å². The molecule has 0 unspecified atom stereocenters. The molecule has 0 saturated heterocycles. The molecule has 6 nitrogen and oxygen atoms in total. The fraction of sp³-hybridized carbons (Fsp3) is 0.200. The van der Waals surface area contributed by atoms with Crippen LogP contribution in [-0.4, -0.2) is 25.9 Å². The van der Waals surface area contributed by atoms with Gasteiger partial charge in [-0.05, 0) is 24.6 Å². The van der Waals surface area contributed by atoms with Gasteiger partial charge in [-0.3, -0.25) is 4.79 Å². The first-order valence-electron chi connectivity index (χ1n) is 6.94. The Kier molecular flexibility index (Phi) is 4.42. The Bertz CT molecular complexity index is 811. The van der Waals surface area contributed by atoms with Gasteiger partial charge in [0.05, 0.1) is 30.0 Å². The highest BCUT2D eigenvalue weighted by Gasteiger charge is 2.11. The van der Waals surface area contributed by atoms with Crippen LogP contribution in [0, 0.1) is 12.7 Å². The van der Waals surface area contributed by atoms with E-state index in [9.17, 15) is 9.18 Å². The number of halogens is 1. The Labute approximate surface area is 136 Å². The molecule has 2 aromatic heterocycles. The van der Waals surface area contributed by atoms with Crippen molar-refractivity contribution in [2.75, 3.05) is 0 Å². The van der Waals surface area contributed by atoms with Gasteiger partial charge in [0.25, 0.3) is 5.91 Å². The highest BCUT2D eigenvalue weighted by atomic mass is 32.1. The van der Waals surface area contributed by atoms with Gasteiger partial charge in [0.1, 0.15) is 5.82 Å². The van der Waals surface area contributed by atoms with Crippen molar-refractivity contribution in [3.63, 3.8) is 0 Å². The normalized spacial score (nSPS) is 10.7. The molecule has 0 aliphatic rings. The Morgan fingerprint density at radius 2 is 2.13 bits per heavy atom. The van der Waals surface area contributed by atoms with E-state index in [2.05, 4.69) is 20.6 Å². The summed E-state index contributed by atoms with van der Waals surface area (Å²) in [7, 11) is 0. The zero-order valence-corrected chi connectivity index (χ0v) is 13.2. The lowest BCUT2D eigenvalue weighted by atomic mass is 10.2. The molecule has 0 bridgehead atoms. The van der Waals surface area contributed by atoms with Gasteiger partial charge in [0.2, 0.25) is 0 Å². The molecule has 0 atom stereocenters. The van der Waals surface area contributed by atoms with Gasteiger partial charge in [-0.15, -0.1) is 16.4 Å². The Morgan fingerprint density at radius 3 is 2.83 bits per heavy atom. The first-order valence-corrected chi connectivity index (χ1v) is 7.82. The monoisotopic (exact) mass is 331 g/mol. The van der Waals surface area contributed by atoms with Crippen molar-refractivity contribution in [1.82, 2.24) is 25.3 Å². The number of nitrogens with one attached hydrogen (secondary N) is 1. The standard InChI is InChI=1S/C15H14FN5OS/c1-10-18-13(9-23-10)6-17-15(22)14-8-21(20-19-14)7-11-2-4-12(16)5-3-11/h2-5,8-9H,6-7H2,1H3,(H,17,22). The lowest BCUT2D eigenvalue weighted by Crippen LogP contribution is -2.23. The average Bonchev–Trinajstić information content (AvgIpc) is 3.16. The lowest BCUT2D eigenvalue weighted by Gasteiger charge is -2.00. The summed E-state index contributed by atoms with van der Waals surface area (Å²) in [5.74, 6) is -0.592. The number of benzene rings is 1. The van der Waals surface area contributed by atoms with Crippen molar-refractivity contribution in [2.45, 2.75) is 20.0 Å². The van der Waals surface area contributed by atoms with Gasteiger partial charge >= 0.3 is 0 Å². The molecule has 0 aliphatic carbocycles. The van der Waals surface area contributed by atoms with Crippen molar-refractivity contribution in [3.05, 3.63) is 63.6 Å². The third-order valence-corrected chi connectivity index (χ3v) is 3.95. The maximum atomic E-state index is 12.9. The smallest absolute Gasteiger partial charge is 0.273 e. The summed E-state index contributed by atoms with van der Waals surface area (Å²) in [6.45, 7) is 2.69. The molecule has 1 amide bonds. The van der Waals surface area contributed by atoms with Crippen LogP contribution in [0.3, 0.4) is 0 Å². The van der Waals surface area contributed by atoms with Crippen LogP contribution in [0.4, 0.5) is 4.39 Å². The molecule has 0 radical (unpaired) electrons. The number of thiazole rings is 1. The van der Waals surface area contributed by atoms with Crippen LogP contribution in [0.1, 0.15) is 26.8 Å². The van der Waals surface area contributed by atoms with E-state index in [-0.39, 0.29) is 17.4 Å². The number of nitrogens with zero attached hydrogens (tertiary/aromatic N) is 4. The molecule has 118 valence electrons. The summed E-state index contributed by atoms with van der Waals surface area (Å²) in [6, 6.07) is 6.11. The third kappa shape index (κ3) is 3.98. The van der Waals surface area contributed by atoms with Crippen molar-refractivity contribution < 1.29 is 9.18 Å². The van der Waals surface area contributed by atoms with Crippen molar-refractivity contribution >= 4 is 17.2 Å². The number of aryl methyl sites for hydroxylation is 1. The maximum absolute atomic E-state index is 12.9. The first-order chi connectivity index (χ1) is 11.1. The molecule has 23 heavy (non-hydrogen) atoms. The van der Waals surface area contributed by atoms with Crippen LogP contribution in [0.5, 0.6) is 0 Å². The summed E-state index contributed by atoms with van der Waals surface area (Å²) in [5.41, 5.74) is 1.93. The van der Waals surface area contributed by atoms with E-state index in [0.29, 0.717) is 13.1 Å². The van der Waals surface area contributed by atoms with Gasteiger partial charge in [-0.2, -0.15) is 0 Å². The molecular formula is C15H14FN5OS. The number of rotatable bonds is 5. The quantitative estimate of drug-likeness (QED) is 0.777. The summed E-state index contributed by atoms with van der Waals surface area (Å²) in [5, 5.41) is 13.4. The van der Waals surface area contributed by atoms with Crippen molar-refractivity contribution in [3.8, 4) is 0 Å². The lowest BCUT2D eigenvalue weighted by molar-refractivity contribution is 0.0945. The minimum atomic E-state index is -0.305. The minimum absolute atomic E-state index is 0.235. The topological polar surface area (TPSA) is 72.7 Å². The number of carbonyl (C=O) groups is 1. The Hall–Kier alpha value is -2.61. The molecule has 1 aromatic carbocycles. The molecule has 3 aromatic rings. The number of aromatic nitrogens is 4. The van der Waals surface area contributed by atoms with Gasteiger partial charge in [0.15, 0.2) is 5.69 Å². The molecule has 2 heterocycles.